The van der Waals surface area contributed by atoms with Gasteiger partial charge in [-0.2, -0.15) is 9.36 Å². The van der Waals surface area contributed by atoms with Gasteiger partial charge < -0.3 is 5.11 Å². The number of rotatable bonds is 3. The zero-order valence-corrected chi connectivity index (χ0v) is 15.3. The first-order valence-electron chi connectivity index (χ1n) is 7.66. The summed E-state index contributed by atoms with van der Waals surface area (Å²) in [6.07, 6.45) is 4.46. The Morgan fingerprint density at radius 1 is 1.33 bits per heavy atom. The molecule has 4 aromatic heterocycles. The summed E-state index contributed by atoms with van der Waals surface area (Å²) < 4.78 is 5.72. The quantitative estimate of drug-likeness (QED) is 0.527. The van der Waals surface area contributed by atoms with Gasteiger partial charge >= 0.3 is 5.97 Å². The molecular weight excluding hydrogens is 390 g/mol. The van der Waals surface area contributed by atoms with Crippen molar-refractivity contribution in [3.63, 3.8) is 0 Å². The molecule has 0 radical (unpaired) electrons. The molecule has 0 bridgehead atoms. The van der Waals surface area contributed by atoms with Crippen molar-refractivity contribution in [2.75, 3.05) is 0 Å². The second kappa shape index (κ2) is 6.53. The molecule has 0 saturated carbocycles. The Bertz CT molecular complexity index is 1250. The highest BCUT2D eigenvalue weighted by atomic mass is 35.5. The average Bonchev–Trinajstić information content (AvgIpc) is 3.11. The monoisotopic (exact) mass is 399 g/mol. The number of hydrogen-bond donors (Lipinski definition) is 1. The molecule has 0 atom stereocenters. The van der Waals surface area contributed by atoms with E-state index in [0.29, 0.717) is 22.1 Å². The van der Waals surface area contributed by atoms with Crippen molar-refractivity contribution in [1.29, 1.82) is 0 Å². The van der Waals surface area contributed by atoms with E-state index in [9.17, 15) is 14.7 Å². The van der Waals surface area contributed by atoms with Gasteiger partial charge in [-0.1, -0.05) is 11.6 Å². The van der Waals surface area contributed by atoms with Gasteiger partial charge in [0.15, 0.2) is 11.5 Å². The van der Waals surface area contributed by atoms with Crippen LogP contribution in [-0.2, 0) is 0 Å². The van der Waals surface area contributed by atoms with Crippen molar-refractivity contribution in [3.8, 4) is 16.5 Å². The maximum absolute atomic E-state index is 12.6. The number of halogens is 1. The molecule has 0 saturated heterocycles. The third-order valence-corrected chi connectivity index (χ3v) is 4.81. The molecule has 0 amide bonds. The molecule has 0 aliphatic rings. The number of hydrogen-bond acceptors (Lipinski definition) is 7. The smallest absolute Gasteiger partial charge is 0.341 e. The molecule has 8 nitrogen and oxygen atoms in total. The number of carboxylic acid groups (broad SMARTS) is 1. The third-order valence-electron chi connectivity index (χ3n) is 3.90. The second-order valence-electron chi connectivity index (χ2n) is 5.65. The van der Waals surface area contributed by atoms with Gasteiger partial charge in [-0.15, -0.1) is 0 Å². The summed E-state index contributed by atoms with van der Waals surface area (Å²) in [5.74, 6) is -0.896. The van der Waals surface area contributed by atoms with Crippen LogP contribution in [0.15, 0.2) is 41.6 Å². The SMILES string of the molecule is Cc1cc(Cl)nc2c1c(=O)c(C(=O)O)cn2-c1nc(-c2cccnc2)ns1. The van der Waals surface area contributed by atoms with Crippen LogP contribution in [0.5, 0.6) is 0 Å². The highest BCUT2D eigenvalue weighted by molar-refractivity contribution is 7.08. The minimum absolute atomic E-state index is 0.178. The number of carbonyl (C=O) groups is 1. The van der Waals surface area contributed by atoms with E-state index in [1.807, 2.05) is 6.07 Å². The molecule has 1 N–H and O–H groups in total. The molecule has 0 aromatic carbocycles. The van der Waals surface area contributed by atoms with Crippen LogP contribution in [0.4, 0.5) is 0 Å². The van der Waals surface area contributed by atoms with E-state index in [-0.39, 0.29) is 21.7 Å². The molecule has 0 fully saturated rings. The lowest BCUT2D eigenvalue weighted by Crippen LogP contribution is -2.20. The molecule has 4 rings (SSSR count). The standard InChI is InChI=1S/C17H10ClN5O3S/c1-8-5-11(18)20-15-12(8)13(24)10(16(25)26)7-23(15)17-21-14(22-27-17)9-3-2-4-19-6-9/h2-7H,1H3,(H,25,26). The number of nitrogens with zero attached hydrogens (tertiary/aromatic N) is 5. The molecule has 134 valence electrons. The van der Waals surface area contributed by atoms with Crippen LogP contribution in [0.3, 0.4) is 0 Å². The van der Waals surface area contributed by atoms with Crippen molar-refractivity contribution >= 4 is 40.1 Å². The number of aryl methyl sites for hydroxylation is 1. The lowest BCUT2D eigenvalue weighted by atomic mass is 10.1. The van der Waals surface area contributed by atoms with Crippen LogP contribution in [0.1, 0.15) is 15.9 Å². The van der Waals surface area contributed by atoms with Gasteiger partial charge in [0.2, 0.25) is 10.6 Å². The Hall–Kier alpha value is -3.17. The molecule has 0 aliphatic carbocycles. The van der Waals surface area contributed by atoms with Crippen molar-refractivity contribution in [2.45, 2.75) is 6.92 Å². The van der Waals surface area contributed by atoms with Gasteiger partial charge in [0.25, 0.3) is 0 Å². The van der Waals surface area contributed by atoms with Crippen molar-refractivity contribution in [1.82, 2.24) is 23.9 Å². The Morgan fingerprint density at radius 3 is 2.85 bits per heavy atom. The predicted octanol–water partition coefficient (Wildman–Crippen LogP) is 2.96. The summed E-state index contributed by atoms with van der Waals surface area (Å²) in [6.45, 7) is 1.68. The lowest BCUT2D eigenvalue weighted by molar-refractivity contribution is 0.0695. The lowest BCUT2D eigenvalue weighted by Gasteiger charge is -2.10. The fourth-order valence-corrected chi connectivity index (χ4v) is 3.59. The molecule has 27 heavy (non-hydrogen) atoms. The zero-order valence-electron chi connectivity index (χ0n) is 13.8. The van der Waals surface area contributed by atoms with Crippen LogP contribution in [0.2, 0.25) is 5.15 Å². The van der Waals surface area contributed by atoms with Gasteiger partial charge in [0.05, 0.1) is 5.39 Å². The van der Waals surface area contributed by atoms with Crippen LogP contribution >= 0.6 is 23.1 Å². The first kappa shape index (κ1) is 17.3. The van der Waals surface area contributed by atoms with E-state index in [0.717, 1.165) is 11.5 Å². The molecular formula is C17H10ClN5O3S. The summed E-state index contributed by atoms with van der Waals surface area (Å²) >= 11 is 7.10. The van der Waals surface area contributed by atoms with Crippen molar-refractivity contribution in [3.05, 3.63) is 63.3 Å². The normalized spacial score (nSPS) is 11.0. The Labute approximate surface area is 160 Å². The van der Waals surface area contributed by atoms with E-state index in [2.05, 4.69) is 19.3 Å². The maximum Gasteiger partial charge on any atom is 0.341 e. The molecule has 10 heteroatoms. The van der Waals surface area contributed by atoms with Crippen molar-refractivity contribution < 1.29 is 9.90 Å². The molecule has 4 aromatic rings. The van der Waals surface area contributed by atoms with Gasteiger partial charge in [0.1, 0.15) is 10.7 Å². The molecule has 0 spiro atoms. The van der Waals surface area contributed by atoms with E-state index in [1.165, 1.54) is 16.8 Å². The molecule has 0 aliphatic heterocycles. The Balaban J connectivity index is 2.02. The van der Waals surface area contributed by atoms with E-state index in [4.69, 9.17) is 11.6 Å². The zero-order chi connectivity index (χ0) is 19.1. The topological polar surface area (TPSA) is 111 Å². The van der Waals surface area contributed by atoms with E-state index in [1.54, 1.807) is 25.4 Å². The number of pyridine rings is 3. The van der Waals surface area contributed by atoms with E-state index < -0.39 is 11.4 Å². The third kappa shape index (κ3) is 2.96. The fourth-order valence-electron chi connectivity index (χ4n) is 2.68. The summed E-state index contributed by atoms with van der Waals surface area (Å²) in [4.78, 5) is 36.8. The highest BCUT2D eigenvalue weighted by Crippen LogP contribution is 2.25. The summed E-state index contributed by atoms with van der Waals surface area (Å²) in [6, 6.07) is 5.09. The van der Waals surface area contributed by atoms with Gasteiger partial charge in [-0.25, -0.2) is 9.78 Å². The fraction of sp³-hybridized carbons (Fsp3) is 0.0588. The minimum atomic E-state index is -1.33. The maximum atomic E-state index is 12.6. The minimum Gasteiger partial charge on any atom is -0.477 e. The summed E-state index contributed by atoms with van der Waals surface area (Å²) in [5, 5.41) is 10.1. The van der Waals surface area contributed by atoms with Gasteiger partial charge in [0, 0.05) is 35.7 Å². The largest absolute Gasteiger partial charge is 0.477 e. The van der Waals surface area contributed by atoms with Crippen LogP contribution in [-0.4, -0.2) is 35.0 Å². The summed E-state index contributed by atoms with van der Waals surface area (Å²) in [5.41, 5.74) is 0.471. The van der Waals surface area contributed by atoms with Crippen LogP contribution in [0.25, 0.3) is 27.6 Å². The van der Waals surface area contributed by atoms with Crippen molar-refractivity contribution in [2.24, 2.45) is 0 Å². The number of carboxylic acids is 1. The second-order valence-corrected chi connectivity index (χ2v) is 6.77. The molecule has 4 heterocycles. The highest BCUT2D eigenvalue weighted by Gasteiger charge is 2.20. The first-order valence-corrected chi connectivity index (χ1v) is 8.81. The van der Waals surface area contributed by atoms with Crippen LogP contribution in [0, 0.1) is 6.92 Å². The Kier molecular flexibility index (Phi) is 4.17. The van der Waals surface area contributed by atoms with Gasteiger partial charge in [-0.3, -0.25) is 14.3 Å². The van der Waals surface area contributed by atoms with E-state index >= 15 is 0 Å². The molecule has 0 unspecified atom stereocenters. The van der Waals surface area contributed by atoms with Crippen LogP contribution < -0.4 is 5.43 Å². The average molecular weight is 400 g/mol. The predicted molar refractivity (Wildman–Crippen MR) is 101 cm³/mol. The number of aromatic nitrogens is 5. The summed E-state index contributed by atoms with van der Waals surface area (Å²) in [7, 11) is 0. The van der Waals surface area contributed by atoms with Gasteiger partial charge in [-0.05, 0) is 30.7 Å². The number of aromatic carboxylic acids is 1. The number of fused-ring (bicyclic) bond motifs is 1. The Morgan fingerprint density at radius 2 is 2.15 bits per heavy atom. The first-order chi connectivity index (χ1) is 13.0.